The highest BCUT2D eigenvalue weighted by Crippen LogP contribution is 2.27. The molecule has 1 heterocycles. The first-order chi connectivity index (χ1) is 20.4. The van der Waals surface area contributed by atoms with Crippen molar-refractivity contribution in [1.29, 1.82) is 0 Å². The lowest BCUT2D eigenvalue weighted by Crippen LogP contribution is -2.28. The maximum atomic E-state index is 13.1. The Labute approximate surface area is 253 Å². The Balaban J connectivity index is 1.40. The number of rotatable bonds is 9. The molecule has 0 saturated carbocycles. The fourth-order valence-electron chi connectivity index (χ4n) is 4.32. The average molecular weight is 609 g/mol. The van der Waals surface area contributed by atoms with Gasteiger partial charge in [-0.3, -0.25) is 15.1 Å². The minimum absolute atomic E-state index is 0.207. The molecule has 2 N–H and O–H groups in total. The zero-order valence-electron chi connectivity index (χ0n) is 24.0. The number of aromatic nitrogens is 2. The van der Waals surface area contributed by atoms with E-state index >= 15 is 0 Å². The first-order valence-electron chi connectivity index (χ1n) is 13.5. The van der Waals surface area contributed by atoms with Crippen LogP contribution in [0.15, 0.2) is 84.0 Å². The van der Waals surface area contributed by atoms with Crippen molar-refractivity contribution < 1.29 is 22.7 Å². The maximum Gasteiger partial charge on any atom is 0.573 e. The van der Waals surface area contributed by atoms with Gasteiger partial charge in [-0.2, -0.15) is 10.2 Å². The van der Waals surface area contributed by atoms with Gasteiger partial charge in [-0.1, -0.05) is 56.3 Å². The lowest BCUT2D eigenvalue weighted by Gasteiger charge is -2.18. The Morgan fingerprint density at radius 3 is 2.40 bits per heavy atom. The highest BCUT2D eigenvalue weighted by molar-refractivity contribution is 7.80. The van der Waals surface area contributed by atoms with Gasteiger partial charge in [-0.25, -0.2) is 4.68 Å². The summed E-state index contributed by atoms with van der Waals surface area (Å²) in [6.07, 6.45) is -3.15. The van der Waals surface area contributed by atoms with Crippen LogP contribution >= 0.6 is 12.2 Å². The molecule has 8 nitrogen and oxygen atoms in total. The molecule has 43 heavy (non-hydrogen) atoms. The van der Waals surface area contributed by atoms with Crippen molar-refractivity contribution in [2.24, 2.45) is 5.10 Å². The number of anilines is 2. The maximum absolute atomic E-state index is 13.1. The number of carbonyl (C=O) groups excluding carboxylic acids is 1. The predicted octanol–water partition coefficient (Wildman–Crippen LogP) is 7.19. The number of carbonyl (C=O) groups is 1. The van der Waals surface area contributed by atoms with E-state index in [1.54, 1.807) is 24.0 Å². The van der Waals surface area contributed by atoms with Crippen LogP contribution in [0.2, 0.25) is 0 Å². The van der Waals surface area contributed by atoms with Gasteiger partial charge < -0.3 is 10.1 Å². The van der Waals surface area contributed by atoms with Gasteiger partial charge in [-0.05, 0) is 66.5 Å². The minimum Gasteiger partial charge on any atom is -0.406 e. The Hall–Kier alpha value is -4.71. The van der Waals surface area contributed by atoms with Gasteiger partial charge in [0.1, 0.15) is 11.6 Å². The van der Waals surface area contributed by atoms with E-state index in [4.69, 9.17) is 12.2 Å². The number of aryl methyl sites for hydroxylation is 1. The molecule has 0 saturated heterocycles. The normalized spacial score (nSPS) is 11.5. The van der Waals surface area contributed by atoms with Crippen LogP contribution in [-0.4, -0.2) is 40.4 Å². The molecule has 4 aromatic rings. The lowest BCUT2D eigenvalue weighted by atomic mass is 10.0. The highest BCUT2D eigenvalue weighted by Gasteiger charge is 2.31. The molecule has 0 spiro atoms. The number of alkyl halides is 3. The van der Waals surface area contributed by atoms with Crippen LogP contribution in [0.1, 0.15) is 48.2 Å². The number of nitrogens with one attached hydrogen (secondary N) is 2. The molecule has 0 radical (unpaired) electrons. The van der Waals surface area contributed by atoms with E-state index in [-0.39, 0.29) is 5.56 Å². The molecule has 1 aromatic heterocycles. The number of hydrogen-bond acceptors (Lipinski definition) is 5. The summed E-state index contributed by atoms with van der Waals surface area (Å²) in [6, 6.07) is 22.1. The van der Waals surface area contributed by atoms with Gasteiger partial charge >= 0.3 is 6.36 Å². The van der Waals surface area contributed by atoms with E-state index in [2.05, 4.69) is 45.6 Å². The monoisotopic (exact) mass is 608 g/mol. The highest BCUT2D eigenvalue weighted by atomic mass is 32.1. The fourth-order valence-corrected chi connectivity index (χ4v) is 4.48. The van der Waals surface area contributed by atoms with Gasteiger partial charge in [-0.15, -0.1) is 13.2 Å². The Kier molecular flexibility index (Phi) is 9.81. The van der Waals surface area contributed by atoms with Crippen molar-refractivity contribution in [3.63, 3.8) is 0 Å². The van der Waals surface area contributed by atoms with Crippen LogP contribution in [0.25, 0.3) is 11.3 Å². The number of hydrazone groups is 1. The summed E-state index contributed by atoms with van der Waals surface area (Å²) in [5, 5.41) is 12.4. The van der Waals surface area contributed by atoms with Crippen molar-refractivity contribution in [2.45, 2.75) is 39.6 Å². The molecule has 4 rings (SSSR count). The second kappa shape index (κ2) is 13.5. The van der Waals surface area contributed by atoms with Crippen molar-refractivity contribution in [3.8, 4) is 17.0 Å². The first-order valence-corrected chi connectivity index (χ1v) is 13.9. The van der Waals surface area contributed by atoms with Crippen LogP contribution in [-0.2, 0) is 6.54 Å². The summed E-state index contributed by atoms with van der Waals surface area (Å²) in [5.41, 5.74) is 7.45. The predicted molar refractivity (Wildman–Crippen MR) is 167 cm³/mol. The molecular weight excluding hydrogens is 577 g/mol. The number of thiocarbonyl (C=S) groups is 1. The number of para-hydroxylation sites is 1. The Morgan fingerprint density at radius 1 is 1.09 bits per heavy atom. The fraction of sp³-hybridized carbons (Fsp3) is 0.226. The lowest BCUT2D eigenvalue weighted by molar-refractivity contribution is -0.274. The topological polar surface area (TPSA) is 83.8 Å². The quantitative estimate of drug-likeness (QED) is 0.119. The zero-order chi connectivity index (χ0) is 31.1. The van der Waals surface area contributed by atoms with Crippen LogP contribution in [0.3, 0.4) is 0 Å². The van der Waals surface area contributed by atoms with Crippen molar-refractivity contribution >= 4 is 41.0 Å². The third kappa shape index (κ3) is 8.19. The Bertz CT molecular complexity index is 1600. The van der Waals surface area contributed by atoms with E-state index in [1.165, 1.54) is 17.0 Å². The molecule has 3 aromatic carbocycles. The number of benzene rings is 3. The summed E-state index contributed by atoms with van der Waals surface area (Å²) in [7, 11) is 1.59. The molecule has 224 valence electrons. The molecule has 0 aliphatic heterocycles. The summed E-state index contributed by atoms with van der Waals surface area (Å²) in [6.45, 7) is 6.63. The molecule has 0 aliphatic carbocycles. The molecular formula is C31H31F3N6O2S. The largest absolute Gasteiger partial charge is 0.573 e. The summed E-state index contributed by atoms with van der Waals surface area (Å²) >= 11 is 5.38. The number of hydrogen-bond donors (Lipinski definition) is 2. The molecule has 0 fully saturated rings. The first kappa shape index (κ1) is 31.2. The second-order valence-corrected chi connectivity index (χ2v) is 10.2. The average Bonchev–Trinajstić information content (AvgIpc) is 3.41. The number of amides is 1. The van der Waals surface area contributed by atoms with Gasteiger partial charge in [0.2, 0.25) is 0 Å². The molecule has 1 amide bonds. The van der Waals surface area contributed by atoms with Crippen molar-refractivity contribution in [2.75, 3.05) is 17.3 Å². The van der Waals surface area contributed by atoms with E-state index in [9.17, 15) is 18.0 Å². The number of halogens is 3. The van der Waals surface area contributed by atoms with Crippen LogP contribution in [0.4, 0.5) is 24.7 Å². The smallest absolute Gasteiger partial charge is 0.406 e. The van der Waals surface area contributed by atoms with Gasteiger partial charge in [0.15, 0.2) is 5.11 Å². The summed E-state index contributed by atoms with van der Waals surface area (Å²) in [4.78, 5) is 14.5. The standard InChI is InChI=1S/C31H31F3N6O2S/c1-5-40-28(39(4)29(41)23-14-16-24(17-15-23)42-31(32,33)34)18-27(38-40)22-12-10-21(11-13-22)19-35-37-30(43)36-26-9-7-6-8-25(26)20(2)3/h6-20H,5H2,1-4H3,(H2,36,37,43)/b35-19+. The zero-order valence-corrected chi connectivity index (χ0v) is 24.8. The minimum atomic E-state index is -4.81. The molecule has 0 bridgehead atoms. The number of ether oxygens (including phenoxy) is 1. The van der Waals surface area contributed by atoms with E-state index in [0.717, 1.165) is 34.5 Å². The molecule has 0 aliphatic rings. The Morgan fingerprint density at radius 2 is 1.77 bits per heavy atom. The van der Waals surface area contributed by atoms with Gasteiger partial charge in [0, 0.05) is 36.5 Å². The third-order valence-corrected chi connectivity index (χ3v) is 6.65. The summed E-state index contributed by atoms with van der Waals surface area (Å²) in [5.74, 6) is 0.0762. The van der Waals surface area contributed by atoms with E-state index < -0.39 is 18.0 Å². The molecule has 0 unspecified atom stereocenters. The van der Waals surface area contributed by atoms with E-state index in [1.807, 2.05) is 49.4 Å². The van der Waals surface area contributed by atoms with Crippen molar-refractivity contribution in [3.05, 3.63) is 95.6 Å². The molecule has 12 heteroatoms. The van der Waals surface area contributed by atoms with Crippen LogP contribution in [0, 0.1) is 0 Å². The van der Waals surface area contributed by atoms with Gasteiger partial charge in [0.05, 0.1) is 11.9 Å². The van der Waals surface area contributed by atoms with E-state index in [0.29, 0.717) is 29.1 Å². The number of nitrogens with zero attached hydrogens (tertiary/aromatic N) is 4. The van der Waals surface area contributed by atoms with Crippen LogP contribution < -0.4 is 20.4 Å². The van der Waals surface area contributed by atoms with Crippen LogP contribution in [0.5, 0.6) is 5.75 Å². The second-order valence-electron chi connectivity index (χ2n) is 9.83. The third-order valence-electron chi connectivity index (χ3n) is 6.46. The van der Waals surface area contributed by atoms with Crippen molar-refractivity contribution in [1.82, 2.24) is 15.2 Å². The summed E-state index contributed by atoms with van der Waals surface area (Å²) < 4.78 is 42.9. The molecule has 0 atom stereocenters. The SMILES string of the molecule is CCn1nc(-c2ccc(/C=N/NC(=S)Nc3ccccc3C(C)C)cc2)cc1N(C)C(=O)c1ccc(OC(F)(F)F)cc1. The van der Waals surface area contributed by atoms with Gasteiger partial charge in [0.25, 0.3) is 5.91 Å².